The Hall–Kier alpha value is -1.69. The van der Waals surface area contributed by atoms with Gasteiger partial charge in [0, 0.05) is 23.4 Å². The van der Waals surface area contributed by atoms with Crippen molar-refractivity contribution in [3.63, 3.8) is 0 Å². The monoisotopic (exact) mass is 305 g/mol. The summed E-state index contributed by atoms with van der Waals surface area (Å²) in [6, 6.07) is 0. The van der Waals surface area contributed by atoms with Crippen molar-refractivity contribution in [2.24, 2.45) is 0 Å². The molecule has 2 aromatic rings. The minimum atomic E-state index is 0.755. The molecule has 0 aliphatic rings. The molecule has 0 aliphatic carbocycles. The maximum Gasteiger partial charge on any atom is 0.135 e. The molecule has 0 fully saturated rings. The summed E-state index contributed by atoms with van der Waals surface area (Å²) in [7, 11) is 0. The van der Waals surface area contributed by atoms with Gasteiger partial charge < -0.3 is 10.6 Å². The van der Waals surface area contributed by atoms with Gasteiger partial charge in [0.1, 0.15) is 17.5 Å². The Balaban J connectivity index is 2.21. The minimum absolute atomic E-state index is 0.755. The summed E-state index contributed by atoms with van der Waals surface area (Å²) in [5.41, 5.74) is 4.03. The highest BCUT2D eigenvalue weighted by Gasteiger charge is 2.11. The van der Waals surface area contributed by atoms with Crippen molar-refractivity contribution >= 4 is 23.0 Å². The first-order valence-corrected chi connectivity index (χ1v) is 8.27. The van der Waals surface area contributed by atoms with Crippen LogP contribution >= 0.6 is 11.3 Å². The maximum absolute atomic E-state index is 4.66. The van der Waals surface area contributed by atoms with Gasteiger partial charge in [0.25, 0.3) is 0 Å². The lowest BCUT2D eigenvalue weighted by molar-refractivity contribution is 0.830. The number of hydrogen-bond acceptors (Lipinski definition) is 6. The first-order valence-electron chi connectivity index (χ1n) is 7.39. The molecule has 0 spiro atoms. The molecule has 0 saturated heterocycles. The van der Waals surface area contributed by atoms with Gasteiger partial charge in [0.05, 0.1) is 17.7 Å². The van der Waals surface area contributed by atoms with E-state index in [1.807, 2.05) is 12.4 Å². The van der Waals surface area contributed by atoms with Gasteiger partial charge in [0.15, 0.2) is 0 Å². The van der Waals surface area contributed by atoms with Crippen LogP contribution in [0.2, 0.25) is 0 Å². The lowest BCUT2D eigenvalue weighted by atomic mass is 10.2. The average Bonchev–Trinajstić information content (AvgIpc) is 2.87. The molecule has 21 heavy (non-hydrogen) atoms. The average molecular weight is 305 g/mol. The summed E-state index contributed by atoms with van der Waals surface area (Å²) in [5, 5.41) is 6.75. The highest BCUT2D eigenvalue weighted by molar-refractivity contribution is 7.09. The Morgan fingerprint density at radius 3 is 2.38 bits per heavy atom. The van der Waals surface area contributed by atoms with Gasteiger partial charge in [-0.1, -0.05) is 6.92 Å². The molecule has 2 aromatic heterocycles. The lowest BCUT2D eigenvalue weighted by Crippen LogP contribution is -2.11. The highest BCUT2D eigenvalue weighted by atomic mass is 32.1. The molecule has 6 heteroatoms. The fourth-order valence-electron chi connectivity index (χ4n) is 2.07. The molecule has 0 unspecified atom stereocenters. The van der Waals surface area contributed by atoms with Crippen LogP contribution in [-0.4, -0.2) is 21.5 Å². The van der Waals surface area contributed by atoms with Gasteiger partial charge in [-0.3, -0.25) is 0 Å². The predicted octanol–water partition coefficient (Wildman–Crippen LogP) is 3.55. The summed E-state index contributed by atoms with van der Waals surface area (Å²) in [6.45, 7) is 9.92. The Morgan fingerprint density at radius 2 is 1.81 bits per heavy atom. The van der Waals surface area contributed by atoms with Gasteiger partial charge in [-0.25, -0.2) is 15.0 Å². The second kappa shape index (κ2) is 7.36. The van der Waals surface area contributed by atoms with Crippen LogP contribution in [0.5, 0.6) is 0 Å². The molecular weight excluding hydrogens is 282 g/mol. The van der Waals surface area contributed by atoms with E-state index in [0.717, 1.165) is 54.6 Å². The number of hydrogen-bond donors (Lipinski definition) is 2. The van der Waals surface area contributed by atoms with Crippen molar-refractivity contribution in [3.8, 4) is 0 Å². The van der Waals surface area contributed by atoms with E-state index >= 15 is 0 Å². The first kappa shape index (κ1) is 15.7. The minimum Gasteiger partial charge on any atom is -0.370 e. The molecule has 0 bridgehead atoms. The lowest BCUT2D eigenvalue weighted by Gasteiger charge is -2.14. The smallest absolute Gasteiger partial charge is 0.135 e. The molecule has 0 aromatic carbocycles. The van der Waals surface area contributed by atoms with Crippen molar-refractivity contribution in [1.82, 2.24) is 15.0 Å². The number of thiazole rings is 1. The van der Waals surface area contributed by atoms with Crippen molar-refractivity contribution in [2.45, 2.75) is 47.1 Å². The van der Waals surface area contributed by atoms with Crippen molar-refractivity contribution in [2.75, 3.05) is 17.2 Å². The summed E-state index contributed by atoms with van der Waals surface area (Å²) < 4.78 is 0. The molecular formula is C15H23N5S. The molecule has 114 valence electrons. The first-order chi connectivity index (χ1) is 10.2. The van der Waals surface area contributed by atoms with E-state index in [9.17, 15) is 0 Å². The number of nitrogens with zero attached hydrogens (tertiary/aromatic N) is 3. The van der Waals surface area contributed by atoms with Crippen molar-refractivity contribution in [3.05, 3.63) is 27.5 Å². The van der Waals surface area contributed by atoms with Gasteiger partial charge in [-0.15, -0.1) is 11.3 Å². The van der Waals surface area contributed by atoms with Crippen LogP contribution in [-0.2, 0) is 13.0 Å². The standard InChI is InChI=1S/C15H23N5S/c1-5-7-13-19-14(16-6-2)10(3)15(20-13)17-8-12-11(4)18-9-21-12/h9H,5-8H2,1-4H3,(H2,16,17,19,20). The second-order valence-electron chi connectivity index (χ2n) is 4.96. The third-order valence-corrected chi connectivity index (χ3v) is 4.21. The van der Waals surface area contributed by atoms with Crippen molar-refractivity contribution < 1.29 is 0 Å². The fraction of sp³-hybridized carbons (Fsp3) is 0.533. The number of rotatable bonds is 7. The molecule has 2 rings (SSSR count). The Labute approximate surface area is 130 Å². The third kappa shape index (κ3) is 3.91. The van der Waals surface area contributed by atoms with E-state index in [4.69, 9.17) is 0 Å². The van der Waals surface area contributed by atoms with Crippen molar-refractivity contribution in [1.29, 1.82) is 0 Å². The Kier molecular flexibility index (Phi) is 5.50. The third-order valence-electron chi connectivity index (χ3n) is 3.27. The van der Waals surface area contributed by atoms with Crippen LogP contribution in [0.1, 0.15) is 42.2 Å². The van der Waals surface area contributed by atoms with Gasteiger partial charge in [-0.2, -0.15) is 0 Å². The maximum atomic E-state index is 4.66. The van der Waals surface area contributed by atoms with E-state index in [1.54, 1.807) is 11.3 Å². The normalized spacial score (nSPS) is 10.7. The topological polar surface area (TPSA) is 62.7 Å². The Morgan fingerprint density at radius 1 is 1.10 bits per heavy atom. The summed E-state index contributed by atoms with van der Waals surface area (Å²) >= 11 is 1.67. The predicted molar refractivity (Wildman–Crippen MR) is 89.1 cm³/mol. The molecule has 0 atom stereocenters. The summed E-state index contributed by atoms with van der Waals surface area (Å²) in [5.74, 6) is 2.74. The Bertz CT molecular complexity index is 594. The van der Waals surface area contributed by atoms with E-state index in [2.05, 4.69) is 46.4 Å². The van der Waals surface area contributed by atoms with E-state index in [1.165, 1.54) is 4.88 Å². The van der Waals surface area contributed by atoms with E-state index in [0.29, 0.717) is 0 Å². The number of anilines is 2. The molecule has 0 radical (unpaired) electrons. The van der Waals surface area contributed by atoms with Crippen LogP contribution in [0.3, 0.4) is 0 Å². The van der Waals surface area contributed by atoms with Crippen LogP contribution in [0.25, 0.3) is 0 Å². The summed E-state index contributed by atoms with van der Waals surface area (Å²) in [6.07, 6.45) is 1.94. The molecule has 0 aliphatic heterocycles. The number of aromatic nitrogens is 3. The summed E-state index contributed by atoms with van der Waals surface area (Å²) in [4.78, 5) is 14.8. The molecule has 2 N–H and O–H groups in total. The van der Waals surface area contributed by atoms with Gasteiger partial charge in [-0.05, 0) is 27.2 Å². The van der Waals surface area contributed by atoms with Crippen LogP contribution in [0.4, 0.5) is 11.6 Å². The molecule has 0 saturated carbocycles. The van der Waals surface area contributed by atoms with Gasteiger partial charge >= 0.3 is 0 Å². The number of nitrogens with one attached hydrogen (secondary N) is 2. The SMILES string of the molecule is CCCc1nc(NCC)c(C)c(NCc2scnc2C)n1. The largest absolute Gasteiger partial charge is 0.370 e. The molecule has 2 heterocycles. The van der Waals surface area contributed by atoms with Gasteiger partial charge in [0.2, 0.25) is 0 Å². The highest BCUT2D eigenvalue weighted by Crippen LogP contribution is 2.22. The zero-order valence-electron chi connectivity index (χ0n) is 13.2. The van der Waals surface area contributed by atoms with Crippen LogP contribution in [0.15, 0.2) is 5.51 Å². The fourth-order valence-corrected chi connectivity index (χ4v) is 2.79. The van der Waals surface area contributed by atoms with Crippen LogP contribution < -0.4 is 10.6 Å². The number of aryl methyl sites for hydroxylation is 2. The van der Waals surface area contributed by atoms with E-state index in [-0.39, 0.29) is 0 Å². The van der Waals surface area contributed by atoms with E-state index < -0.39 is 0 Å². The molecule has 5 nitrogen and oxygen atoms in total. The second-order valence-corrected chi connectivity index (χ2v) is 5.90. The zero-order valence-corrected chi connectivity index (χ0v) is 14.0. The molecule has 0 amide bonds. The quantitative estimate of drug-likeness (QED) is 0.819. The van der Waals surface area contributed by atoms with Crippen LogP contribution in [0, 0.1) is 13.8 Å². The zero-order chi connectivity index (χ0) is 15.2.